The number of carbonyl (C=O) groups excluding carboxylic acids is 1. The molecule has 0 aliphatic carbocycles. The maximum atomic E-state index is 12.8. The summed E-state index contributed by atoms with van der Waals surface area (Å²) in [5.41, 5.74) is -1.55. The molecule has 1 aliphatic rings. The predicted molar refractivity (Wildman–Crippen MR) is 81.7 cm³/mol. The molecule has 0 bridgehead atoms. The Labute approximate surface area is 141 Å². The summed E-state index contributed by atoms with van der Waals surface area (Å²) in [5.74, 6) is -3.09. The molecule has 20 heavy (non-hydrogen) atoms. The van der Waals surface area contributed by atoms with Gasteiger partial charge in [0.25, 0.3) is 0 Å². The summed E-state index contributed by atoms with van der Waals surface area (Å²) in [7, 11) is 0. The molecule has 1 atom stereocenters. The van der Waals surface area contributed by atoms with Crippen LogP contribution in [0.25, 0.3) is 0 Å². The molecule has 4 nitrogen and oxygen atoms in total. The average molecular weight is 350 g/mol. The van der Waals surface area contributed by atoms with Gasteiger partial charge in [-0.15, -0.1) is 0 Å². The monoisotopic (exact) mass is 349 g/mol. The Kier molecular flexibility index (Phi) is 2.22. The van der Waals surface area contributed by atoms with Crippen molar-refractivity contribution in [3.05, 3.63) is 28.5 Å². The minimum absolute atomic E-state index is 0.152. The van der Waals surface area contributed by atoms with Crippen LogP contribution >= 0.6 is 15.9 Å². The third-order valence-electron chi connectivity index (χ3n) is 2.15. The molecule has 2 heterocycles. The van der Waals surface area contributed by atoms with Crippen LogP contribution in [-0.2, 0) is 4.74 Å². The second-order valence-corrected chi connectivity index (χ2v) is 5.97. The fraction of sp³-hybridized carbons (Fsp3) is 0.600. The Balaban J connectivity index is 2.86. The molecule has 1 amide bonds. The topological polar surface area (TPSA) is 42.4 Å². The Morgan fingerprint density at radius 1 is 1.60 bits per heavy atom. The van der Waals surface area contributed by atoms with Crippen molar-refractivity contribution in [2.24, 2.45) is 0 Å². The lowest BCUT2D eigenvalue weighted by Gasteiger charge is -2.34. The van der Waals surface area contributed by atoms with Crippen LogP contribution in [0.15, 0.2) is 22.9 Å². The van der Waals surface area contributed by atoms with Gasteiger partial charge in [-0.25, -0.2) is 4.79 Å². The van der Waals surface area contributed by atoms with Crippen molar-refractivity contribution in [3.63, 3.8) is 0 Å². The van der Waals surface area contributed by atoms with E-state index in [-0.39, 0.29) is 14.9 Å². The van der Waals surface area contributed by atoms with Crippen molar-refractivity contribution in [3.8, 4) is 0 Å². The van der Waals surface area contributed by atoms with E-state index in [1.54, 1.807) is 0 Å². The Morgan fingerprint density at radius 3 is 3.00 bits per heavy atom. The SMILES string of the molecule is [2H]C1([2H])N(C(=O)OC(C)(C)C)C([2H])([2H])C([2H])(c2cncc(Br)c2)C([2H])([2H])C1([2H])[2H]. The fourth-order valence-electron chi connectivity index (χ4n) is 1.40. The van der Waals surface area contributed by atoms with E-state index in [9.17, 15) is 4.79 Å². The Hall–Kier alpha value is -1.10. The predicted octanol–water partition coefficient (Wildman–Crippen LogP) is 3.96. The molecule has 0 aromatic carbocycles. The average Bonchev–Trinajstić information content (AvgIpc) is 2.50. The number of piperidine rings is 1. The van der Waals surface area contributed by atoms with Gasteiger partial charge >= 0.3 is 6.09 Å². The van der Waals surface area contributed by atoms with Crippen molar-refractivity contribution in [2.75, 3.05) is 13.0 Å². The van der Waals surface area contributed by atoms with Gasteiger partial charge in [0.15, 0.2) is 0 Å². The third-order valence-corrected chi connectivity index (χ3v) is 2.58. The molecule has 0 saturated carbocycles. The van der Waals surface area contributed by atoms with E-state index >= 15 is 0 Å². The molecule has 1 fully saturated rings. The highest BCUT2D eigenvalue weighted by molar-refractivity contribution is 9.10. The van der Waals surface area contributed by atoms with Crippen molar-refractivity contribution < 1.29 is 21.9 Å². The standard InChI is InChI=1S/C15H21BrN2O2/c1-15(2,3)20-14(19)18-6-4-5-11(10-18)12-7-13(16)9-17-8-12/h7-9,11H,4-6,10H2,1-3H3/i4D2,5D2,6D2,10D2,11D. The largest absolute Gasteiger partial charge is 0.444 e. The first-order chi connectivity index (χ1) is 12.7. The maximum Gasteiger partial charge on any atom is 0.410 e. The number of rotatable bonds is 1. The van der Waals surface area contributed by atoms with Crippen molar-refractivity contribution in [1.82, 2.24) is 9.88 Å². The van der Waals surface area contributed by atoms with Gasteiger partial charge < -0.3 is 9.64 Å². The maximum absolute atomic E-state index is 12.8. The number of ether oxygens (including phenoxy) is 1. The molecule has 1 saturated heterocycles. The molecular formula is C15H21BrN2O2. The minimum atomic E-state index is -3.49. The molecule has 0 radical (unpaired) electrons. The van der Waals surface area contributed by atoms with E-state index in [2.05, 4.69) is 20.9 Å². The zero-order valence-electron chi connectivity index (χ0n) is 20.3. The highest BCUT2D eigenvalue weighted by atomic mass is 79.9. The molecule has 1 unspecified atom stereocenters. The van der Waals surface area contributed by atoms with Crippen LogP contribution in [-0.4, -0.2) is 34.6 Å². The lowest BCUT2D eigenvalue weighted by Crippen LogP contribution is -2.42. The summed E-state index contributed by atoms with van der Waals surface area (Å²) in [6, 6.07) is 1.18. The Bertz CT molecular complexity index is 828. The van der Waals surface area contributed by atoms with E-state index in [0.717, 1.165) is 6.20 Å². The number of hydrogen-bond acceptors (Lipinski definition) is 3. The second-order valence-electron chi connectivity index (χ2n) is 5.06. The number of nitrogens with zero attached hydrogens (tertiary/aromatic N) is 2. The van der Waals surface area contributed by atoms with E-state index in [1.165, 1.54) is 33.0 Å². The first-order valence-electron chi connectivity index (χ1n) is 10.4. The number of pyridine rings is 1. The number of hydrogen-bond donors (Lipinski definition) is 0. The van der Waals surface area contributed by atoms with Crippen LogP contribution in [0.5, 0.6) is 0 Å². The minimum Gasteiger partial charge on any atom is -0.444 e. The van der Waals surface area contributed by atoms with Crippen LogP contribution in [0.3, 0.4) is 0 Å². The lowest BCUT2D eigenvalue weighted by atomic mass is 9.92. The van der Waals surface area contributed by atoms with Crippen LogP contribution in [0.1, 0.15) is 57.3 Å². The fourth-order valence-corrected chi connectivity index (χ4v) is 1.76. The number of aromatic nitrogens is 1. The van der Waals surface area contributed by atoms with Gasteiger partial charge in [-0.3, -0.25) is 4.98 Å². The summed E-state index contributed by atoms with van der Waals surface area (Å²) in [4.78, 5) is 16.4. The molecule has 110 valence electrons. The summed E-state index contributed by atoms with van der Waals surface area (Å²) < 4.78 is 80.4. The Morgan fingerprint density at radius 2 is 2.35 bits per heavy atom. The van der Waals surface area contributed by atoms with Gasteiger partial charge in [0.2, 0.25) is 0 Å². The summed E-state index contributed by atoms with van der Waals surface area (Å²) in [6.07, 6.45) is -6.18. The van der Waals surface area contributed by atoms with Crippen molar-refractivity contribution in [2.45, 2.75) is 45.0 Å². The van der Waals surface area contributed by atoms with Gasteiger partial charge in [0, 0.05) is 45.3 Å². The highest BCUT2D eigenvalue weighted by Crippen LogP contribution is 2.28. The van der Waals surface area contributed by atoms with Crippen LogP contribution in [0.2, 0.25) is 0 Å². The van der Waals surface area contributed by atoms with E-state index < -0.39 is 43.3 Å². The smallest absolute Gasteiger partial charge is 0.410 e. The van der Waals surface area contributed by atoms with Gasteiger partial charge in [-0.2, -0.15) is 0 Å². The number of carbonyl (C=O) groups is 1. The van der Waals surface area contributed by atoms with Crippen molar-refractivity contribution >= 4 is 22.0 Å². The quantitative estimate of drug-likeness (QED) is 0.770. The molecule has 1 aliphatic heterocycles. The van der Waals surface area contributed by atoms with Gasteiger partial charge in [-0.05, 0) is 61.1 Å². The number of halogens is 1. The zero-order chi connectivity index (χ0) is 22.8. The number of amides is 1. The first kappa shape index (κ1) is 7.25. The zero-order valence-corrected chi connectivity index (χ0v) is 12.9. The molecule has 0 N–H and O–H groups in total. The molecule has 1 aromatic heterocycles. The third kappa shape index (κ3) is 4.20. The van der Waals surface area contributed by atoms with Crippen LogP contribution in [0.4, 0.5) is 4.79 Å². The molecular weight excluding hydrogens is 320 g/mol. The van der Waals surface area contributed by atoms with Crippen LogP contribution in [0, 0.1) is 0 Å². The van der Waals surface area contributed by atoms with Crippen molar-refractivity contribution in [1.29, 1.82) is 0 Å². The molecule has 5 heteroatoms. The summed E-state index contributed by atoms with van der Waals surface area (Å²) >= 11 is 3.10. The van der Waals surface area contributed by atoms with Gasteiger partial charge in [0.05, 0.1) is 2.74 Å². The van der Waals surface area contributed by atoms with Gasteiger partial charge in [-0.1, -0.05) is 0 Å². The molecule has 0 spiro atoms. The summed E-state index contributed by atoms with van der Waals surface area (Å²) in [6.45, 7) is -2.47. The van der Waals surface area contributed by atoms with Crippen LogP contribution < -0.4 is 0 Å². The normalized spacial score (nSPS) is 40.2. The second kappa shape index (κ2) is 6.12. The number of likely N-dealkylation sites (tertiary alicyclic amines) is 1. The molecule has 2 rings (SSSR count). The van der Waals surface area contributed by atoms with Gasteiger partial charge in [0.1, 0.15) is 5.60 Å². The van der Waals surface area contributed by atoms with E-state index in [0.29, 0.717) is 0 Å². The van der Waals surface area contributed by atoms with E-state index in [1.807, 2.05) is 0 Å². The summed E-state index contributed by atoms with van der Waals surface area (Å²) in [5, 5.41) is 0. The first-order valence-corrected chi connectivity index (χ1v) is 6.69. The molecule has 1 aromatic rings. The van der Waals surface area contributed by atoms with E-state index in [4.69, 9.17) is 17.1 Å². The highest BCUT2D eigenvalue weighted by Gasteiger charge is 2.28. The lowest BCUT2D eigenvalue weighted by molar-refractivity contribution is 0.0198.